The Labute approximate surface area is 408 Å². The Hall–Kier alpha value is -9.32. The van der Waals surface area contributed by atoms with E-state index < -0.39 is 0 Å². The number of fused-ring (bicyclic) bond motifs is 18. The van der Waals surface area contributed by atoms with Crippen molar-refractivity contribution in [1.29, 1.82) is 0 Å². The van der Waals surface area contributed by atoms with Gasteiger partial charge in [-0.1, -0.05) is 194 Å². The highest BCUT2D eigenvalue weighted by molar-refractivity contribution is 7.00. The third-order valence-electron chi connectivity index (χ3n) is 14.9. The molecule has 15 rings (SSSR count). The minimum absolute atomic E-state index is 0.213. The van der Waals surface area contributed by atoms with Gasteiger partial charge in [0, 0.05) is 54.5 Å². The Morgan fingerprint density at radius 2 is 0.606 bits per heavy atom. The molecule has 0 saturated heterocycles. The van der Waals surface area contributed by atoms with Crippen LogP contribution in [0.5, 0.6) is 0 Å². The molecule has 0 unspecified atom stereocenters. The summed E-state index contributed by atoms with van der Waals surface area (Å²) in [7, 11) is 0. The van der Waals surface area contributed by atoms with Crippen molar-refractivity contribution in [2.24, 2.45) is 0 Å². The number of nitrogens with zero attached hydrogens (tertiary/aromatic N) is 2. The largest absolute Gasteiger partial charge is 0.456 e. The molecular formula is C66H41BN2O2. The highest BCUT2D eigenvalue weighted by atomic mass is 16.3. The van der Waals surface area contributed by atoms with E-state index in [4.69, 9.17) is 8.83 Å². The van der Waals surface area contributed by atoms with Crippen LogP contribution in [0.3, 0.4) is 0 Å². The van der Waals surface area contributed by atoms with Crippen LogP contribution in [0.4, 0.5) is 0 Å². The monoisotopic (exact) mass is 904 g/mol. The van der Waals surface area contributed by atoms with Crippen molar-refractivity contribution >= 4 is 111 Å². The molecule has 0 amide bonds. The van der Waals surface area contributed by atoms with Crippen LogP contribution in [-0.2, 0) is 0 Å². The molecule has 0 bridgehead atoms. The Balaban J connectivity index is 1.32. The van der Waals surface area contributed by atoms with Crippen molar-refractivity contribution in [3.8, 4) is 33.6 Å². The van der Waals surface area contributed by atoms with Crippen molar-refractivity contribution < 1.29 is 8.83 Å². The van der Waals surface area contributed by atoms with Crippen LogP contribution < -0.4 is 16.4 Å². The van der Waals surface area contributed by atoms with Crippen LogP contribution >= 0.6 is 0 Å². The number of hydrogen-bond acceptors (Lipinski definition) is 2. The molecule has 5 heteroatoms. The maximum absolute atomic E-state index is 7.20. The molecule has 0 aliphatic carbocycles. The number of hydrogen-bond donors (Lipinski definition) is 0. The maximum Gasteiger partial charge on any atom is 0.252 e. The zero-order valence-corrected chi connectivity index (χ0v) is 38.5. The van der Waals surface area contributed by atoms with Gasteiger partial charge < -0.3 is 18.0 Å². The SMILES string of the molecule is c1ccc(-c2ccc3c(c2)B2c4cc(-c5ccccc5)ccc4-n4c5ccccc5c5ccccc5oc5ccccc5c5cc6c7ccccc7oc7ccccc7c7ccccc7n-3c6c2c54)cc1. The third-order valence-corrected chi connectivity index (χ3v) is 14.9. The summed E-state index contributed by atoms with van der Waals surface area (Å²) >= 11 is 0. The minimum Gasteiger partial charge on any atom is -0.456 e. The molecule has 0 N–H and O–H groups in total. The summed E-state index contributed by atoms with van der Waals surface area (Å²) in [5.41, 5.74) is 18.2. The molecule has 330 valence electrons. The van der Waals surface area contributed by atoms with Crippen LogP contribution in [0.25, 0.3) is 121 Å². The van der Waals surface area contributed by atoms with Crippen molar-refractivity contribution in [3.05, 3.63) is 249 Å². The fraction of sp³-hybridized carbons (Fsp3) is 0. The van der Waals surface area contributed by atoms with Crippen molar-refractivity contribution in [2.45, 2.75) is 0 Å². The first-order chi connectivity index (χ1) is 35.2. The van der Waals surface area contributed by atoms with Gasteiger partial charge in [-0.15, -0.1) is 0 Å². The summed E-state index contributed by atoms with van der Waals surface area (Å²) < 4.78 is 19.6. The Bertz CT molecular complexity index is 4310. The molecule has 4 heterocycles. The number of benzene rings is 11. The quantitative estimate of drug-likeness (QED) is 0.162. The second kappa shape index (κ2) is 15.6. The molecule has 0 fully saturated rings. The van der Waals surface area contributed by atoms with Gasteiger partial charge in [0.25, 0.3) is 6.71 Å². The summed E-state index contributed by atoms with van der Waals surface area (Å²) in [5.74, 6) is 0. The molecule has 71 heavy (non-hydrogen) atoms. The van der Waals surface area contributed by atoms with Crippen LogP contribution in [0, 0.1) is 0 Å². The normalized spacial score (nSPS) is 12.2. The molecule has 0 saturated carbocycles. The van der Waals surface area contributed by atoms with Gasteiger partial charge in [0.05, 0.1) is 22.1 Å². The predicted molar refractivity (Wildman–Crippen MR) is 298 cm³/mol. The van der Waals surface area contributed by atoms with E-state index in [0.717, 1.165) is 98.9 Å². The van der Waals surface area contributed by atoms with Gasteiger partial charge in [0.2, 0.25) is 0 Å². The lowest BCUT2D eigenvalue weighted by Gasteiger charge is -2.36. The lowest BCUT2D eigenvalue weighted by molar-refractivity contribution is 0.663. The standard InChI is InChI=1S/C66H41BN2O2/c1-3-19-42(20-4-1)44-35-37-58-54(39-44)67-55-40-45(43-21-5-2-6-22-43)36-38-59(55)69-57-30-14-8-24-47(57)49-26-10-16-32-61(49)71-63-34-18-12-28-51(63)53-41-52-50-27-11-17-33-62(50)70-60-31-15-9-25-48(60)46-23-7-13-29-56(46)68(58)65(52)64(67)66(53)69/h1-41H. The molecule has 4 nitrogen and oxygen atoms in total. The first-order valence-electron chi connectivity index (χ1n) is 24.4. The summed E-state index contributed by atoms with van der Waals surface area (Å²) in [5, 5.41) is 8.34. The molecule has 0 radical (unpaired) electrons. The van der Waals surface area contributed by atoms with Crippen molar-refractivity contribution in [2.75, 3.05) is 0 Å². The van der Waals surface area contributed by atoms with Gasteiger partial charge in [-0.25, -0.2) is 0 Å². The first-order valence-corrected chi connectivity index (χ1v) is 24.4. The van der Waals surface area contributed by atoms with Crippen LogP contribution in [0.1, 0.15) is 0 Å². The smallest absolute Gasteiger partial charge is 0.252 e. The predicted octanol–water partition coefficient (Wildman–Crippen LogP) is 15.5. The van der Waals surface area contributed by atoms with E-state index in [0.29, 0.717) is 0 Å². The number of aromatic nitrogens is 2. The highest BCUT2D eigenvalue weighted by Crippen LogP contribution is 2.40. The summed E-state index contributed by atoms with van der Waals surface area (Å²) in [6.45, 7) is -0.213. The van der Waals surface area contributed by atoms with Crippen molar-refractivity contribution in [3.63, 3.8) is 0 Å². The van der Waals surface area contributed by atoms with Crippen LogP contribution in [0.15, 0.2) is 258 Å². The fourth-order valence-corrected chi connectivity index (χ4v) is 11.8. The van der Waals surface area contributed by atoms with E-state index in [9.17, 15) is 0 Å². The zero-order valence-electron chi connectivity index (χ0n) is 38.5. The Morgan fingerprint density at radius 3 is 1.01 bits per heavy atom. The Kier molecular flexibility index (Phi) is 8.72. The van der Waals surface area contributed by atoms with Gasteiger partial charge in [0.1, 0.15) is 22.3 Å². The number of rotatable bonds is 2. The lowest BCUT2D eigenvalue weighted by Crippen LogP contribution is -2.59. The van der Waals surface area contributed by atoms with E-state index in [-0.39, 0.29) is 6.71 Å². The van der Waals surface area contributed by atoms with Crippen LogP contribution in [0.2, 0.25) is 0 Å². The van der Waals surface area contributed by atoms with E-state index >= 15 is 0 Å². The summed E-state index contributed by atoms with van der Waals surface area (Å²) in [4.78, 5) is 0. The first kappa shape index (κ1) is 39.7. The van der Waals surface area contributed by atoms with Gasteiger partial charge in [-0.05, 0) is 93.2 Å². The molecule has 2 aliphatic rings. The average molecular weight is 905 g/mol. The van der Waals surface area contributed by atoms with E-state index in [1.54, 1.807) is 0 Å². The molecule has 0 spiro atoms. The van der Waals surface area contributed by atoms with Gasteiger partial charge in [-0.2, -0.15) is 0 Å². The van der Waals surface area contributed by atoms with Gasteiger partial charge in [-0.3, -0.25) is 0 Å². The van der Waals surface area contributed by atoms with E-state index in [1.807, 2.05) is 0 Å². The molecule has 13 aromatic rings. The van der Waals surface area contributed by atoms with E-state index in [2.05, 4.69) is 258 Å². The zero-order chi connectivity index (χ0) is 46.6. The van der Waals surface area contributed by atoms with Crippen molar-refractivity contribution in [1.82, 2.24) is 9.13 Å². The van der Waals surface area contributed by atoms with Gasteiger partial charge >= 0.3 is 0 Å². The number of para-hydroxylation sites is 6. The molecular weight excluding hydrogens is 864 g/mol. The highest BCUT2D eigenvalue weighted by Gasteiger charge is 2.40. The summed E-state index contributed by atoms with van der Waals surface area (Å²) in [6, 6.07) is 90.1. The van der Waals surface area contributed by atoms with Gasteiger partial charge in [0.15, 0.2) is 0 Å². The summed E-state index contributed by atoms with van der Waals surface area (Å²) in [6.07, 6.45) is 0. The Morgan fingerprint density at radius 1 is 0.268 bits per heavy atom. The fourth-order valence-electron chi connectivity index (χ4n) is 11.8. The molecule has 11 aromatic carbocycles. The average Bonchev–Trinajstić information content (AvgIpc) is 3.44. The topological polar surface area (TPSA) is 36.1 Å². The minimum atomic E-state index is -0.213. The lowest BCUT2D eigenvalue weighted by atomic mass is 9.34. The maximum atomic E-state index is 7.20. The second-order valence-electron chi connectivity index (χ2n) is 18.7. The second-order valence-corrected chi connectivity index (χ2v) is 18.7. The third kappa shape index (κ3) is 6.00. The van der Waals surface area contributed by atoms with E-state index in [1.165, 1.54) is 38.6 Å². The van der Waals surface area contributed by atoms with Crippen LogP contribution in [-0.4, -0.2) is 15.8 Å². The molecule has 2 aliphatic heterocycles. The molecule has 0 atom stereocenters. The molecule has 2 aromatic heterocycles.